The maximum absolute atomic E-state index is 12.6. The van der Waals surface area contributed by atoms with Crippen LogP contribution in [-0.2, 0) is 4.79 Å². The van der Waals surface area contributed by atoms with Crippen LogP contribution in [0.25, 0.3) is 0 Å². The van der Waals surface area contributed by atoms with E-state index < -0.39 is 11.9 Å². The van der Waals surface area contributed by atoms with Crippen molar-refractivity contribution in [2.24, 2.45) is 5.92 Å². The quantitative estimate of drug-likeness (QED) is 0.792. The molecule has 2 aromatic rings. The second kappa shape index (κ2) is 8.51. The SMILES string of the molecule is CCC(C)c1ccc(NC(=O)[C@@H](NC(=O)c2ccco2)C(C)C)cc1. The molecule has 5 heteroatoms. The predicted octanol–water partition coefficient (Wildman–Crippen LogP) is 4.19. The summed E-state index contributed by atoms with van der Waals surface area (Å²) in [6.45, 7) is 8.10. The van der Waals surface area contributed by atoms with Crippen LogP contribution in [0.15, 0.2) is 47.1 Å². The molecule has 2 rings (SSSR count). The lowest BCUT2D eigenvalue weighted by Gasteiger charge is -2.21. The minimum Gasteiger partial charge on any atom is -0.459 e. The second-order valence-corrected chi connectivity index (χ2v) is 6.59. The number of hydrogen-bond donors (Lipinski definition) is 2. The van der Waals surface area contributed by atoms with E-state index in [1.165, 1.54) is 11.8 Å². The van der Waals surface area contributed by atoms with Gasteiger partial charge in [0, 0.05) is 5.69 Å². The van der Waals surface area contributed by atoms with E-state index in [2.05, 4.69) is 24.5 Å². The summed E-state index contributed by atoms with van der Waals surface area (Å²) in [5.74, 6) is -0.0208. The molecule has 0 aliphatic carbocycles. The van der Waals surface area contributed by atoms with E-state index in [0.29, 0.717) is 5.92 Å². The molecule has 2 atom stereocenters. The first kappa shape index (κ1) is 18.8. The number of anilines is 1. The van der Waals surface area contributed by atoms with Crippen LogP contribution in [0.1, 0.15) is 56.2 Å². The van der Waals surface area contributed by atoms with Crippen LogP contribution in [0, 0.1) is 5.92 Å². The average molecular weight is 342 g/mol. The molecule has 0 aliphatic heterocycles. The zero-order valence-electron chi connectivity index (χ0n) is 15.2. The molecule has 25 heavy (non-hydrogen) atoms. The molecule has 0 saturated carbocycles. The summed E-state index contributed by atoms with van der Waals surface area (Å²) >= 11 is 0. The minimum absolute atomic E-state index is 0.0571. The zero-order valence-corrected chi connectivity index (χ0v) is 15.2. The maximum Gasteiger partial charge on any atom is 0.287 e. The van der Waals surface area contributed by atoms with Gasteiger partial charge in [-0.1, -0.05) is 39.8 Å². The monoisotopic (exact) mass is 342 g/mol. The van der Waals surface area contributed by atoms with Gasteiger partial charge in [0.2, 0.25) is 5.91 Å². The van der Waals surface area contributed by atoms with Gasteiger partial charge in [-0.05, 0) is 48.1 Å². The van der Waals surface area contributed by atoms with Gasteiger partial charge in [0.25, 0.3) is 5.91 Å². The van der Waals surface area contributed by atoms with Crippen molar-refractivity contribution in [2.45, 2.75) is 46.1 Å². The van der Waals surface area contributed by atoms with Gasteiger partial charge >= 0.3 is 0 Å². The highest BCUT2D eigenvalue weighted by Gasteiger charge is 2.25. The van der Waals surface area contributed by atoms with Crippen molar-refractivity contribution in [1.29, 1.82) is 0 Å². The van der Waals surface area contributed by atoms with Crippen LogP contribution in [0.5, 0.6) is 0 Å². The van der Waals surface area contributed by atoms with E-state index in [0.717, 1.165) is 12.1 Å². The summed E-state index contributed by atoms with van der Waals surface area (Å²) in [5.41, 5.74) is 1.96. The molecule has 1 aromatic carbocycles. The molecule has 5 nitrogen and oxygen atoms in total. The molecule has 0 aliphatic rings. The summed E-state index contributed by atoms with van der Waals surface area (Å²) in [6.07, 6.45) is 2.50. The molecule has 0 saturated heterocycles. The Bertz CT molecular complexity index is 690. The van der Waals surface area contributed by atoms with Crippen molar-refractivity contribution in [3.05, 3.63) is 54.0 Å². The number of carbonyl (C=O) groups excluding carboxylic acids is 2. The highest BCUT2D eigenvalue weighted by atomic mass is 16.3. The Labute approximate surface area is 148 Å². The molecule has 2 N–H and O–H groups in total. The number of benzene rings is 1. The Balaban J connectivity index is 2.03. The van der Waals surface area contributed by atoms with Crippen molar-refractivity contribution < 1.29 is 14.0 Å². The molecular formula is C20H26N2O3. The van der Waals surface area contributed by atoms with Gasteiger partial charge < -0.3 is 15.1 Å². The Morgan fingerprint density at radius 1 is 1.08 bits per heavy atom. The molecule has 0 radical (unpaired) electrons. The predicted molar refractivity (Wildman–Crippen MR) is 98.6 cm³/mol. The van der Waals surface area contributed by atoms with Gasteiger partial charge in [-0.3, -0.25) is 9.59 Å². The number of nitrogens with one attached hydrogen (secondary N) is 2. The lowest BCUT2D eigenvalue weighted by molar-refractivity contribution is -0.118. The van der Waals surface area contributed by atoms with Crippen LogP contribution in [0.3, 0.4) is 0 Å². The molecule has 0 spiro atoms. The molecule has 1 unspecified atom stereocenters. The number of carbonyl (C=O) groups is 2. The fourth-order valence-corrected chi connectivity index (χ4v) is 2.51. The van der Waals surface area contributed by atoms with E-state index in [9.17, 15) is 9.59 Å². The lowest BCUT2D eigenvalue weighted by Crippen LogP contribution is -2.47. The number of furan rings is 1. The molecular weight excluding hydrogens is 316 g/mol. The third kappa shape index (κ3) is 4.95. The van der Waals surface area contributed by atoms with Gasteiger partial charge in [0.05, 0.1) is 6.26 Å². The molecule has 1 aromatic heterocycles. The third-order valence-corrected chi connectivity index (χ3v) is 4.34. The van der Waals surface area contributed by atoms with E-state index in [1.54, 1.807) is 12.1 Å². The zero-order chi connectivity index (χ0) is 18.4. The summed E-state index contributed by atoms with van der Waals surface area (Å²) in [6, 6.07) is 10.4. The first-order chi connectivity index (χ1) is 11.9. The van der Waals surface area contributed by atoms with Crippen LogP contribution >= 0.6 is 0 Å². The van der Waals surface area contributed by atoms with Gasteiger partial charge in [-0.15, -0.1) is 0 Å². The molecule has 0 fully saturated rings. The smallest absolute Gasteiger partial charge is 0.287 e. The lowest BCUT2D eigenvalue weighted by atomic mass is 9.98. The van der Waals surface area contributed by atoms with Gasteiger partial charge in [-0.25, -0.2) is 0 Å². The highest BCUT2D eigenvalue weighted by molar-refractivity contribution is 6.00. The number of hydrogen-bond acceptors (Lipinski definition) is 3. The first-order valence-corrected chi connectivity index (χ1v) is 8.67. The summed E-state index contributed by atoms with van der Waals surface area (Å²) in [5, 5.41) is 5.61. The summed E-state index contributed by atoms with van der Waals surface area (Å²) in [4.78, 5) is 24.7. The summed E-state index contributed by atoms with van der Waals surface area (Å²) < 4.78 is 5.08. The Kier molecular flexibility index (Phi) is 6.39. The topological polar surface area (TPSA) is 71.3 Å². The van der Waals surface area contributed by atoms with Gasteiger partial charge in [0.1, 0.15) is 6.04 Å². The third-order valence-electron chi connectivity index (χ3n) is 4.34. The fourth-order valence-electron chi connectivity index (χ4n) is 2.51. The normalized spacial score (nSPS) is 13.3. The number of rotatable bonds is 7. The molecule has 1 heterocycles. The summed E-state index contributed by atoms with van der Waals surface area (Å²) in [7, 11) is 0. The van der Waals surface area contributed by atoms with Crippen LogP contribution < -0.4 is 10.6 Å². The van der Waals surface area contributed by atoms with Gasteiger partial charge in [-0.2, -0.15) is 0 Å². The van der Waals surface area contributed by atoms with Crippen LogP contribution in [0.2, 0.25) is 0 Å². The van der Waals surface area contributed by atoms with E-state index in [4.69, 9.17) is 4.42 Å². The highest BCUT2D eigenvalue weighted by Crippen LogP contribution is 2.20. The van der Waals surface area contributed by atoms with E-state index in [1.807, 2.05) is 38.1 Å². The minimum atomic E-state index is -0.646. The standard InChI is InChI=1S/C20H26N2O3/c1-5-14(4)15-8-10-16(11-9-15)21-20(24)18(13(2)3)22-19(23)17-7-6-12-25-17/h6-14,18H,5H2,1-4H3,(H,21,24)(H,22,23)/t14?,18-/m0/s1. The van der Waals surface area contributed by atoms with Crippen LogP contribution in [-0.4, -0.2) is 17.9 Å². The molecule has 2 amide bonds. The van der Waals surface area contributed by atoms with Crippen molar-refractivity contribution in [1.82, 2.24) is 5.32 Å². The maximum atomic E-state index is 12.6. The fraction of sp³-hybridized carbons (Fsp3) is 0.400. The average Bonchev–Trinajstić information content (AvgIpc) is 3.13. The Morgan fingerprint density at radius 3 is 2.28 bits per heavy atom. The first-order valence-electron chi connectivity index (χ1n) is 8.67. The van der Waals surface area contributed by atoms with Crippen LogP contribution in [0.4, 0.5) is 5.69 Å². The number of amides is 2. The molecule has 134 valence electrons. The van der Waals surface area contributed by atoms with Crippen molar-refractivity contribution in [3.8, 4) is 0 Å². The molecule has 0 bridgehead atoms. The largest absolute Gasteiger partial charge is 0.459 e. The second-order valence-electron chi connectivity index (χ2n) is 6.59. The van der Waals surface area contributed by atoms with E-state index in [-0.39, 0.29) is 17.6 Å². The van der Waals surface area contributed by atoms with Crippen molar-refractivity contribution >= 4 is 17.5 Å². The van der Waals surface area contributed by atoms with Crippen molar-refractivity contribution in [2.75, 3.05) is 5.32 Å². The Hall–Kier alpha value is -2.56. The van der Waals surface area contributed by atoms with E-state index >= 15 is 0 Å². The Morgan fingerprint density at radius 2 is 1.76 bits per heavy atom. The van der Waals surface area contributed by atoms with Crippen molar-refractivity contribution in [3.63, 3.8) is 0 Å². The van der Waals surface area contributed by atoms with Gasteiger partial charge in [0.15, 0.2) is 5.76 Å².